The number of carbonyl (C=O) groups is 1. The van der Waals surface area contributed by atoms with Gasteiger partial charge in [0.1, 0.15) is 6.54 Å². The van der Waals surface area contributed by atoms with Crippen LogP contribution >= 0.6 is 0 Å². The Balaban J connectivity index is 1.88. The molecule has 1 aromatic heterocycles. The summed E-state index contributed by atoms with van der Waals surface area (Å²) in [4.78, 5) is 41.4. The fourth-order valence-electron chi connectivity index (χ4n) is 3.49. The Morgan fingerprint density at radius 3 is 2.64 bits per heavy atom. The van der Waals surface area contributed by atoms with Gasteiger partial charge >= 0.3 is 0 Å². The average molecular weight is 344 g/mol. The molecule has 1 saturated heterocycles. The van der Waals surface area contributed by atoms with Crippen LogP contribution in [0.2, 0.25) is 0 Å². The minimum Gasteiger partial charge on any atom is -0.341 e. The molecule has 25 heavy (non-hydrogen) atoms. The Labute approximate surface area is 144 Å². The van der Waals surface area contributed by atoms with Crippen molar-refractivity contribution < 1.29 is 9.72 Å². The molecule has 0 spiro atoms. The maximum atomic E-state index is 12.6. The monoisotopic (exact) mass is 344 g/mol. The van der Waals surface area contributed by atoms with Crippen molar-refractivity contribution in [3.63, 3.8) is 0 Å². The van der Waals surface area contributed by atoms with Gasteiger partial charge in [-0.3, -0.25) is 24.3 Å². The van der Waals surface area contributed by atoms with Crippen molar-refractivity contribution in [1.82, 2.24) is 14.5 Å². The molecule has 0 bridgehead atoms. The van der Waals surface area contributed by atoms with E-state index in [2.05, 4.69) is 18.8 Å². The lowest BCUT2D eigenvalue weighted by atomic mass is 9.92. The Bertz CT molecular complexity index is 882. The maximum Gasteiger partial charge on any atom is 0.270 e. The third kappa shape index (κ3) is 3.52. The predicted octanol–water partition coefficient (Wildman–Crippen LogP) is 1.81. The second-order valence-corrected chi connectivity index (χ2v) is 6.88. The number of amides is 1. The second kappa shape index (κ2) is 6.62. The van der Waals surface area contributed by atoms with Gasteiger partial charge in [0.2, 0.25) is 5.91 Å². The van der Waals surface area contributed by atoms with E-state index in [1.807, 2.05) is 0 Å². The summed E-state index contributed by atoms with van der Waals surface area (Å²) in [5, 5.41) is 11.0. The molecular formula is C17H20N4O4. The van der Waals surface area contributed by atoms with Crippen molar-refractivity contribution in [1.29, 1.82) is 0 Å². The van der Waals surface area contributed by atoms with Crippen LogP contribution < -0.4 is 5.56 Å². The SMILES string of the molecule is C[C@@H]1C[C@H](C)CN(C(=O)Cn2cnc3ccc([N+](=O)[O-])cc3c2=O)C1. The molecule has 2 aromatic rings. The van der Waals surface area contributed by atoms with Crippen molar-refractivity contribution in [3.05, 3.63) is 45.0 Å². The van der Waals surface area contributed by atoms with Gasteiger partial charge in [-0.1, -0.05) is 13.8 Å². The van der Waals surface area contributed by atoms with Crippen LogP contribution in [-0.4, -0.2) is 38.4 Å². The van der Waals surface area contributed by atoms with E-state index in [9.17, 15) is 19.7 Å². The molecule has 1 aliphatic rings. The van der Waals surface area contributed by atoms with E-state index < -0.39 is 10.5 Å². The highest BCUT2D eigenvalue weighted by Gasteiger charge is 2.25. The van der Waals surface area contributed by atoms with Crippen LogP contribution in [0.4, 0.5) is 5.69 Å². The number of rotatable bonds is 3. The van der Waals surface area contributed by atoms with Gasteiger partial charge in [0, 0.05) is 25.2 Å². The van der Waals surface area contributed by atoms with E-state index >= 15 is 0 Å². The summed E-state index contributed by atoms with van der Waals surface area (Å²) in [7, 11) is 0. The molecule has 1 aliphatic heterocycles. The Morgan fingerprint density at radius 2 is 2.00 bits per heavy atom. The highest BCUT2D eigenvalue weighted by molar-refractivity contribution is 5.81. The lowest BCUT2D eigenvalue weighted by Gasteiger charge is -2.35. The first-order valence-corrected chi connectivity index (χ1v) is 8.26. The molecule has 1 fully saturated rings. The molecule has 132 valence electrons. The third-order valence-electron chi connectivity index (χ3n) is 4.55. The number of non-ortho nitro benzene ring substituents is 1. The van der Waals surface area contributed by atoms with E-state index in [0.29, 0.717) is 30.4 Å². The van der Waals surface area contributed by atoms with E-state index in [1.54, 1.807) is 4.90 Å². The molecule has 0 radical (unpaired) electrons. The van der Waals surface area contributed by atoms with Crippen molar-refractivity contribution in [2.75, 3.05) is 13.1 Å². The summed E-state index contributed by atoms with van der Waals surface area (Å²) in [6.07, 6.45) is 2.41. The number of hydrogen-bond donors (Lipinski definition) is 0. The van der Waals surface area contributed by atoms with Crippen LogP contribution in [0, 0.1) is 22.0 Å². The first kappa shape index (κ1) is 17.1. The number of hydrogen-bond acceptors (Lipinski definition) is 5. The summed E-state index contributed by atoms with van der Waals surface area (Å²) in [5.74, 6) is 0.732. The standard InChI is InChI=1S/C17H20N4O4/c1-11-5-12(2)8-19(7-11)16(22)9-20-10-18-15-4-3-13(21(24)25)6-14(15)17(20)23/h3-4,6,10-12H,5,7-9H2,1-2H3/t11-,12+. The first-order chi connectivity index (χ1) is 11.8. The summed E-state index contributed by atoms with van der Waals surface area (Å²) >= 11 is 0. The molecule has 0 saturated carbocycles. The topological polar surface area (TPSA) is 98.3 Å². The first-order valence-electron chi connectivity index (χ1n) is 8.26. The summed E-state index contributed by atoms with van der Waals surface area (Å²) in [6, 6.07) is 3.95. The van der Waals surface area contributed by atoms with Gasteiger partial charge in [-0.15, -0.1) is 0 Å². The highest BCUT2D eigenvalue weighted by atomic mass is 16.6. The molecule has 3 rings (SSSR count). The van der Waals surface area contributed by atoms with Crippen molar-refractivity contribution >= 4 is 22.5 Å². The number of nitro groups is 1. The van der Waals surface area contributed by atoms with Gasteiger partial charge in [0.25, 0.3) is 11.2 Å². The van der Waals surface area contributed by atoms with Crippen LogP contribution in [0.5, 0.6) is 0 Å². The molecule has 8 heteroatoms. The van der Waals surface area contributed by atoms with Gasteiger partial charge in [-0.2, -0.15) is 0 Å². The van der Waals surface area contributed by atoms with E-state index in [0.717, 1.165) is 6.42 Å². The fraction of sp³-hybridized carbons (Fsp3) is 0.471. The fourth-order valence-corrected chi connectivity index (χ4v) is 3.49. The largest absolute Gasteiger partial charge is 0.341 e. The summed E-state index contributed by atoms with van der Waals surface area (Å²) < 4.78 is 1.22. The van der Waals surface area contributed by atoms with Gasteiger partial charge in [0.15, 0.2) is 0 Å². The number of nitrogens with zero attached hydrogens (tertiary/aromatic N) is 4. The predicted molar refractivity (Wildman–Crippen MR) is 92.2 cm³/mol. The number of likely N-dealkylation sites (tertiary alicyclic amines) is 1. The highest BCUT2D eigenvalue weighted by Crippen LogP contribution is 2.21. The number of nitro benzene ring substituents is 1. The zero-order valence-corrected chi connectivity index (χ0v) is 14.2. The van der Waals surface area contributed by atoms with Crippen molar-refractivity contribution in [2.24, 2.45) is 11.8 Å². The normalized spacial score (nSPS) is 20.6. The molecule has 8 nitrogen and oxygen atoms in total. The molecule has 2 atom stereocenters. The Kier molecular flexibility index (Phi) is 4.52. The number of aromatic nitrogens is 2. The van der Waals surface area contributed by atoms with Crippen molar-refractivity contribution in [2.45, 2.75) is 26.8 Å². The minimum absolute atomic E-state index is 0.107. The van der Waals surface area contributed by atoms with Gasteiger partial charge in [-0.05, 0) is 24.3 Å². The van der Waals surface area contributed by atoms with Crippen LogP contribution in [0.3, 0.4) is 0 Å². The second-order valence-electron chi connectivity index (χ2n) is 6.88. The van der Waals surface area contributed by atoms with Gasteiger partial charge in [0.05, 0.1) is 22.2 Å². The molecule has 1 amide bonds. The average Bonchev–Trinajstić information content (AvgIpc) is 2.56. The Hall–Kier alpha value is -2.77. The van der Waals surface area contributed by atoms with Crippen LogP contribution in [0.25, 0.3) is 10.9 Å². The molecule has 2 heterocycles. The lowest BCUT2D eigenvalue weighted by Crippen LogP contribution is -2.44. The molecule has 0 aliphatic carbocycles. The van der Waals surface area contributed by atoms with Crippen LogP contribution in [0.1, 0.15) is 20.3 Å². The zero-order chi connectivity index (χ0) is 18.1. The maximum absolute atomic E-state index is 12.6. The summed E-state index contributed by atoms with van der Waals surface area (Å²) in [6.45, 7) is 5.48. The number of piperidine rings is 1. The lowest BCUT2D eigenvalue weighted by molar-refractivity contribution is -0.384. The van der Waals surface area contributed by atoms with E-state index in [1.165, 1.54) is 29.1 Å². The number of carbonyl (C=O) groups excluding carboxylic acids is 1. The molecular weight excluding hydrogens is 324 g/mol. The third-order valence-corrected chi connectivity index (χ3v) is 4.55. The van der Waals surface area contributed by atoms with Gasteiger partial charge in [-0.25, -0.2) is 4.98 Å². The van der Waals surface area contributed by atoms with Crippen LogP contribution in [-0.2, 0) is 11.3 Å². The van der Waals surface area contributed by atoms with Crippen molar-refractivity contribution in [3.8, 4) is 0 Å². The molecule has 0 N–H and O–H groups in total. The number of fused-ring (bicyclic) bond motifs is 1. The van der Waals surface area contributed by atoms with E-state index in [-0.39, 0.29) is 23.5 Å². The molecule has 0 unspecified atom stereocenters. The zero-order valence-electron chi connectivity index (χ0n) is 14.2. The minimum atomic E-state index is -0.558. The smallest absolute Gasteiger partial charge is 0.270 e. The van der Waals surface area contributed by atoms with Gasteiger partial charge < -0.3 is 4.90 Å². The summed E-state index contributed by atoms with van der Waals surface area (Å²) in [5.41, 5.74) is -0.242. The Morgan fingerprint density at radius 1 is 1.32 bits per heavy atom. The quantitative estimate of drug-likeness (QED) is 0.625. The number of benzene rings is 1. The van der Waals surface area contributed by atoms with E-state index in [4.69, 9.17) is 0 Å². The molecule has 1 aromatic carbocycles. The van der Waals surface area contributed by atoms with Crippen LogP contribution in [0.15, 0.2) is 29.3 Å².